The van der Waals surface area contributed by atoms with Gasteiger partial charge in [-0.15, -0.1) is 0 Å². The molecule has 0 aromatic heterocycles. The van der Waals surface area contributed by atoms with Gasteiger partial charge in [-0.1, -0.05) is 51.1 Å². The Balaban J connectivity index is 1.24. The fourth-order valence-corrected chi connectivity index (χ4v) is 9.20. The Morgan fingerprint density at radius 1 is 1.10 bits per heavy atom. The summed E-state index contributed by atoms with van der Waals surface area (Å²) >= 11 is 0. The highest BCUT2D eigenvalue weighted by atomic mass is 16.5. The molecule has 3 aliphatic heterocycles. The molecular weight excluding hydrogens is 516 g/mol. The van der Waals surface area contributed by atoms with Gasteiger partial charge < -0.3 is 14.5 Å². The minimum atomic E-state index is -0.750. The Bertz CT molecular complexity index is 1200. The summed E-state index contributed by atoms with van der Waals surface area (Å²) < 4.78 is 5.24. The van der Waals surface area contributed by atoms with E-state index in [4.69, 9.17) is 4.74 Å². The van der Waals surface area contributed by atoms with Crippen molar-refractivity contribution in [1.82, 2.24) is 19.6 Å². The number of hydrogen-bond acceptors (Lipinski definition) is 5. The molecule has 4 unspecified atom stereocenters. The van der Waals surface area contributed by atoms with E-state index in [-0.39, 0.29) is 34.7 Å². The molecule has 1 aromatic carbocycles. The zero-order valence-electron chi connectivity index (χ0n) is 25.8. The molecule has 3 heterocycles. The number of nitrogens with zero attached hydrogens (tertiary/aromatic N) is 4. The van der Waals surface area contributed by atoms with Gasteiger partial charge in [0.1, 0.15) is 5.54 Å². The van der Waals surface area contributed by atoms with Crippen LogP contribution in [0.1, 0.15) is 78.2 Å². The predicted octanol–water partition coefficient (Wildman–Crippen LogP) is 4.35. The van der Waals surface area contributed by atoms with Crippen molar-refractivity contribution < 1.29 is 19.1 Å². The van der Waals surface area contributed by atoms with Crippen LogP contribution in [0.15, 0.2) is 30.3 Å². The van der Waals surface area contributed by atoms with Gasteiger partial charge in [0.2, 0.25) is 5.91 Å². The molecule has 0 N–H and O–H groups in total. The number of urea groups is 1. The number of amides is 4. The molecule has 8 heteroatoms. The van der Waals surface area contributed by atoms with E-state index in [1.54, 1.807) is 7.11 Å². The SMILES string of the molecule is COCCN1C(=O)N(C(C)C)C2(CC3N(C[C@H]4CN(C(=O)CC(C)(C)C)C[C@@H]4c4ccccc4)C4CCC43C2)C1=O. The van der Waals surface area contributed by atoms with Gasteiger partial charge in [0, 0.05) is 62.6 Å². The lowest BCUT2D eigenvalue weighted by molar-refractivity contribution is -0.193. The first-order valence-electron chi connectivity index (χ1n) is 15.6. The highest BCUT2D eigenvalue weighted by Gasteiger charge is 2.77. The van der Waals surface area contributed by atoms with E-state index in [1.807, 2.05) is 18.7 Å². The van der Waals surface area contributed by atoms with Crippen LogP contribution in [0.2, 0.25) is 0 Å². The van der Waals surface area contributed by atoms with Crippen molar-refractivity contribution >= 4 is 17.8 Å². The Morgan fingerprint density at radius 3 is 2.44 bits per heavy atom. The van der Waals surface area contributed by atoms with Crippen molar-refractivity contribution in [2.24, 2.45) is 16.7 Å². The van der Waals surface area contributed by atoms with Gasteiger partial charge in [-0.05, 0) is 56.4 Å². The molecule has 224 valence electrons. The molecule has 2 saturated carbocycles. The van der Waals surface area contributed by atoms with Gasteiger partial charge in [0.15, 0.2) is 0 Å². The minimum absolute atomic E-state index is 0.0235. The summed E-state index contributed by atoms with van der Waals surface area (Å²) in [6, 6.07) is 11.3. The van der Waals surface area contributed by atoms with Gasteiger partial charge in [-0.25, -0.2) is 4.79 Å². The maximum absolute atomic E-state index is 14.0. The van der Waals surface area contributed by atoms with Crippen molar-refractivity contribution in [3.8, 4) is 0 Å². The van der Waals surface area contributed by atoms with Gasteiger partial charge in [0.05, 0.1) is 13.2 Å². The first kappa shape index (κ1) is 28.7. The number of piperidine rings is 1. The Hall–Kier alpha value is -2.45. The lowest BCUT2D eigenvalue weighted by atomic mass is 9.53. The fraction of sp³-hybridized carbons (Fsp3) is 0.727. The highest BCUT2D eigenvalue weighted by molar-refractivity contribution is 6.07. The predicted molar refractivity (Wildman–Crippen MR) is 157 cm³/mol. The van der Waals surface area contributed by atoms with E-state index in [2.05, 4.69) is 60.9 Å². The first-order chi connectivity index (χ1) is 19.4. The fourth-order valence-electron chi connectivity index (χ4n) is 9.20. The van der Waals surface area contributed by atoms with Crippen molar-refractivity contribution in [3.05, 3.63) is 35.9 Å². The Labute approximate surface area is 245 Å². The van der Waals surface area contributed by atoms with Gasteiger partial charge >= 0.3 is 6.03 Å². The van der Waals surface area contributed by atoms with E-state index in [0.29, 0.717) is 49.9 Å². The average Bonchev–Trinajstić information content (AvgIpc) is 3.53. The molecule has 6 atom stereocenters. The number of imide groups is 1. The van der Waals surface area contributed by atoms with Crippen LogP contribution in [-0.2, 0) is 14.3 Å². The molecule has 5 aliphatic rings. The second-order valence-electron chi connectivity index (χ2n) is 14.9. The largest absolute Gasteiger partial charge is 0.383 e. The summed E-state index contributed by atoms with van der Waals surface area (Å²) in [5.74, 6) is 0.875. The summed E-state index contributed by atoms with van der Waals surface area (Å²) in [5.41, 5.74) is 0.648. The normalized spacial score (nSPS) is 34.9. The molecular formula is C33H48N4O4. The van der Waals surface area contributed by atoms with Crippen LogP contribution in [-0.4, -0.2) is 101 Å². The van der Waals surface area contributed by atoms with Crippen LogP contribution in [0.3, 0.4) is 0 Å². The van der Waals surface area contributed by atoms with Crippen LogP contribution < -0.4 is 0 Å². The zero-order valence-corrected chi connectivity index (χ0v) is 25.8. The van der Waals surface area contributed by atoms with Gasteiger partial charge in [-0.3, -0.25) is 19.4 Å². The van der Waals surface area contributed by atoms with Crippen LogP contribution in [0.4, 0.5) is 4.79 Å². The van der Waals surface area contributed by atoms with Crippen LogP contribution in [0.5, 0.6) is 0 Å². The van der Waals surface area contributed by atoms with Crippen molar-refractivity contribution in [2.45, 2.75) is 96.3 Å². The highest BCUT2D eigenvalue weighted by Crippen LogP contribution is 2.69. The number of hydrogen-bond donors (Lipinski definition) is 0. The molecule has 8 nitrogen and oxygen atoms in total. The number of likely N-dealkylation sites (tertiary alicyclic amines) is 2. The topological polar surface area (TPSA) is 73.4 Å². The number of benzene rings is 1. The molecule has 2 aliphatic carbocycles. The number of carbonyl (C=O) groups is 3. The second-order valence-corrected chi connectivity index (χ2v) is 14.9. The minimum Gasteiger partial charge on any atom is -0.383 e. The Kier molecular flexibility index (Phi) is 7.04. The van der Waals surface area contributed by atoms with Crippen molar-refractivity contribution in [2.75, 3.05) is 39.9 Å². The van der Waals surface area contributed by atoms with Gasteiger partial charge in [-0.2, -0.15) is 0 Å². The van der Waals surface area contributed by atoms with E-state index in [0.717, 1.165) is 38.9 Å². The van der Waals surface area contributed by atoms with Crippen molar-refractivity contribution in [1.29, 1.82) is 0 Å². The standard InChI is InChI=1S/C33H48N4O4/c1-22(2)37-30(40)35(14-15-41-6)29(39)33(37)16-27-32(21-33)13-12-26(32)36(27)19-24-18-34(28(38)17-31(3,4)5)20-25(24)23-10-8-7-9-11-23/h7-11,22,24-27H,12-21H2,1-6H3/t24-,25-,26?,27?,32?,33?/m1/s1. The van der Waals surface area contributed by atoms with E-state index < -0.39 is 5.54 Å². The summed E-state index contributed by atoms with van der Waals surface area (Å²) in [6.45, 7) is 13.6. The first-order valence-corrected chi connectivity index (χ1v) is 15.6. The van der Waals surface area contributed by atoms with Crippen LogP contribution in [0, 0.1) is 16.7 Å². The molecule has 3 saturated heterocycles. The number of rotatable bonds is 8. The van der Waals surface area contributed by atoms with Gasteiger partial charge in [0.25, 0.3) is 5.91 Å². The third-order valence-electron chi connectivity index (χ3n) is 10.9. The molecule has 41 heavy (non-hydrogen) atoms. The maximum atomic E-state index is 14.0. The summed E-state index contributed by atoms with van der Waals surface area (Å²) in [4.78, 5) is 49.0. The molecule has 0 bridgehead atoms. The third kappa shape index (κ3) is 4.43. The summed E-state index contributed by atoms with van der Waals surface area (Å²) in [5, 5.41) is 0. The zero-order chi connectivity index (χ0) is 29.3. The van der Waals surface area contributed by atoms with Crippen LogP contribution in [0.25, 0.3) is 0 Å². The van der Waals surface area contributed by atoms with Crippen molar-refractivity contribution in [3.63, 3.8) is 0 Å². The number of carbonyl (C=O) groups excluding carboxylic acids is 3. The molecule has 6 rings (SSSR count). The van der Waals surface area contributed by atoms with E-state index in [1.165, 1.54) is 10.5 Å². The number of ether oxygens (including phenoxy) is 1. The summed E-state index contributed by atoms with van der Waals surface area (Å²) in [6.07, 6.45) is 4.34. The molecule has 0 radical (unpaired) electrons. The Morgan fingerprint density at radius 2 is 1.83 bits per heavy atom. The molecule has 4 amide bonds. The third-order valence-corrected chi connectivity index (χ3v) is 10.9. The molecule has 1 aromatic rings. The summed E-state index contributed by atoms with van der Waals surface area (Å²) in [7, 11) is 1.61. The lowest BCUT2D eigenvalue weighted by Gasteiger charge is -2.69. The average molecular weight is 565 g/mol. The van der Waals surface area contributed by atoms with Crippen LogP contribution >= 0.6 is 0 Å². The molecule has 2 spiro atoms. The monoisotopic (exact) mass is 564 g/mol. The molecule has 5 fully saturated rings. The quantitative estimate of drug-likeness (QED) is 0.439. The smallest absolute Gasteiger partial charge is 0.327 e. The lowest BCUT2D eigenvalue weighted by Crippen LogP contribution is -2.75. The van der Waals surface area contributed by atoms with E-state index >= 15 is 0 Å². The second kappa shape index (κ2) is 10.1. The maximum Gasteiger partial charge on any atom is 0.327 e. The number of methoxy groups -OCH3 is 1. The van der Waals surface area contributed by atoms with E-state index in [9.17, 15) is 14.4 Å².